The summed E-state index contributed by atoms with van der Waals surface area (Å²) in [6, 6.07) is 8.10. The first-order chi connectivity index (χ1) is 9.82. The molecule has 0 aliphatic carbocycles. The molecule has 0 saturated carbocycles. The number of aromatic hydroxyl groups is 2. The summed E-state index contributed by atoms with van der Waals surface area (Å²) in [6.45, 7) is 0. The first kappa shape index (κ1) is 15.8. The van der Waals surface area contributed by atoms with Crippen molar-refractivity contribution in [2.75, 3.05) is 0 Å². The van der Waals surface area contributed by atoms with E-state index in [2.05, 4.69) is 0 Å². The number of halogens is 1. The second-order valence-electron chi connectivity index (χ2n) is 3.64. The molecule has 0 spiro atoms. The molecule has 0 aliphatic heterocycles. The lowest BCUT2D eigenvalue weighted by Crippen LogP contribution is -1.88. The number of hydrogen-bond donors (Lipinski definition) is 2. The summed E-state index contributed by atoms with van der Waals surface area (Å²) in [5, 5.41) is 37.8. The third kappa shape index (κ3) is 4.42. The fourth-order valence-electron chi connectivity index (χ4n) is 1.26. The van der Waals surface area contributed by atoms with Gasteiger partial charge in [0.2, 0.25) is 0 Å². The highest BCUT2D eigenvalue weighted by Gasteiger charge is 2.12. The molecule has 0 bridgehead atoms. The van der Waals surface area contributed by atoms with Crippen molar-refractivity contribution in [3.63, 3.8) is 0 Å². The average Bonchev–Trinajstić information content (AvgIpc) is 2.42. The van der Waals surface area contributed by atoms with E-state index in [4.69, 9.17) is 10.2 Å². The predicted molar refractivity (Wildman–Crippen MR) is 69.5 cm³/mol. The Morgan fingerprint density at radius 1 is 0.857 bits per heavy atom. The van der Waals surface area contributed by atoms with Crippen LogP contribution in [0.1, 0.15) is 0 Å². The Hall–Kier alpha value is -3.23. The highest BCUT2D eigenvalue weighted by molar-refractivity contribution is 5.45. The van der Waals surface area contributed by atoms with Crippen LogP contribution < -0.4 is 0 Å². The second kappa shape index (κ2) is 6.80. The molecule has 9 heteroatoms. The molecule has 8 nitrogen and oxygen atoms in total. The van der Waals surface area contributed by atoms with Gasteiger partial charge in [-0.3, -0.25) is 20.2 Å². The lowest BCUT2D eigenvalue weighted by Gasteiger charge is -1.93. The van der Waals surface area contributed by atoms with E-state index in [0.29, 0.717) is 6.07 Å². The van der Waals surface area contributed by atoms with Crippen molar-refractivity contribution < 1.29 is 24.5 Å². The van der Waals surface area contributed by atoms with Gasteiger partial charge >= 0.3 is 11.4 Å². The Balaban J connectivity index is 0.000000211. The van der Waals surface area contributed by atoms with E-state index in [-0.39, 0.29) is 11.4 Å². The lowest BCUT2D eigenvalue weighted by molar-refractivity contribution is -0.386. The maximum absolute atomic E-state index is 12.3. The minimum Gasteiger partial charge on any atom is -0.502 e. The zero-order chi connectivity index (χ0) is 16.0. The van der Waals surface area contributed by atoms with Crippen molar-refractivity contribution in [2.24, 2.45) is 0 Å². The molecular weight excluding hydrogens is 287 g/mol. The van der Waals surface area contributed by atoms with Crippen molar-refractivity contribution >= 4 is 11.4 Å². The number of rotatable bonds is 2. The molecule has 2 N–H and O–H groups in total. The van der Waals surface area contributed by atoms with E-state index in [0.717, 1.165) is 12.1 Å². The van der Waals surface area contributed by atoms with Gasteiger partial charge in [0.25, 0.3) is 0 Å². The molecule has 21 heavy (non-hydrogen) atoms. The van der Waals surface area contributed by atoms with Crippen LogP contribution in [0.3, 0.4) is 0 Å². The molecule has 0 aromatic heterocycles. The molecule has 0 saturated heterocycles. The quantitative estimate of drug-likeness (QED) is 0.648. The van der Waals surface area contributed by atoms with Crippen LogP contribution in [0.5, 0.6) is 11.5 Å². The van der Waals surface area contributed by atoms with E-state index in [9.17, 15) is 24.6 Å². The summed E-state index contributed by atoms with van der Waals surface area (Å²) in [5.41, 5.74) is -0.882. The minimum atomic E-state index is -0.849. The van der Waals surface area contributed by atoms with Gasteiger partial charge in [-0.1, -0.05) is 12.1 Å². The predicted octanol–water partition coefficient (Wildman–Crippen LogP) is 2.74. The fraction of sp³-hybridized carbons (Fsp3) is 0. The minimum absolute atomic E-state index is 0.262. The van der Waals surface area contributed by atoms with Crippen molar-refractivity contribution in [3.05, 3.63) is 68.5 Å². The average molecular weight is 296 g/mol. The summed E-state index contributed by atoms with van der Waals surface area (Å²) < 4.78 is 12.3. The van der Waals surface area contributed by atoms with Crippen LogP contribution in [0.15, 0.2) is 42.5 Å². The standard InChI is InChI=1S/C6H4FNO3.C6H5NO3/c7-4-1-2-6(9)5(3-4)8(10)11;8-6-4-2-1-3-5(6)7(9)10/h1-3,9H;1-4,8H. The molecule has 2 aromatic carbocycles. The van der Waals surface area contributed by atoms with Crippen LogP contribution in [0.2, 0.25) is 0 Å². The number of benzene rings is 2. The Morgan fingerprint density at radius 2 is 1.38 bits per heavy atom. The van der Waals surface area contributed by atoms with Crippen molar-refractivity contribution in [2.45, 2.75) is 0 Å². The van der Waals surface area contributed by atoms with Crippen LogP contribution in [0.25, 0.3) is 0 Å². The van der Waals surface area contributed by atoms with E-state index in [1.54, 1.807) is 0 Å². The number of para-hydroxylation sites is 2. The number of nitro benzene ring substituents is 2. The first-order valence-electron chi connectivity index (χ1n) is 5.38. The van der Waals surface area contributed by atoms with Crippen molar-refractivity contribution in [1.82, 2.24) is 0 Å². The molecule has 2 rings (SSSR count). The molecule has 0 heterocycles. The summed E-state index contributed by atoms with van der Waals surface area (Å²) >= 11 is 0. The molecule has 0 unspecified atom stereocenters. The summed E-state index contributed by atoms with van der Waals surface area (Å²) in [6.07, 6.45) is 0. The maximum atomic E-state index is 12.3. The molecule has 2 aromatic rings. The Kier molecular flexibility index (Phi) is 5.12. The number of hydrogen-bond acceptors (Lipinski definition) is 6. The van der Waals surface area contributed by atoms with Crippen LogP contribution in [0.4, 0.5) is 15.8 Å². The Morgan fingerprint density at radius 3 is 1.81 bits per heavy atom. The second-order valence-corrected chi connectivity index (χ2v) is 3.64. The van der Waals surface area contributed by atoms with Crippen LogP contribution in [0, 0.1) is 26.0 Å². The Bertz CT molecular complexity index is 677. The lowest BCUT2D eigenvalue weighted by atomic mass is 10.3. The van der Waals surface area contributed by atoms with Gasteiger partial charge in [-0.05, 0) is 18.2 Å². The van der Waals surface area contributed by atoms with Gasteiger partial charge in [-0.2, -0.15) is 0 Å². The summed E-state index contributed by atoms with van der Waals surface area (Å²) in [7, 11) is 0. The van der Waals surface area contributed by atoms with Gasteiger partial charge < -0.3 is 10.2 Å². The van der Waals surface area contributed by atoms with Gasteiger partial charge in [-0.15, -0.1) is 0 Å². The zero-order valence-corrected chi connectivity index (χ0v) is 10.3. The van der Waals surface area contributed by atoms with Crippen LogP contribution in [-0.4, -0.2) is 20.1 Å². The number of phenols is 2. The molecule has 0 aliphatic rings. The van der Waals surface area contributed by atoms with Gasteiger partial charge in [0, 0.05) is 6.07 Å². The van der Waals surface area contributed by atoms with Crippen LogP contribution in [-0.2, 0) is 0 Å². The smallest absolute Gasteiger partial charge is 0.313 e. The Labute approximate surface area is 117 Å². The van der Waals surface area contributed by atoms with Crippen molar-refractivity contribution in [3.8, 4) is 11.5 Å². The highest BCUT2D eigenvalue weighted by atomic mass is 19.1. The number of nitrogens with zero attached hydrogens (tertiary/aromatic N) is 2. The van der Waals surface area contributed by atoms with Gasteiger partial charge in [0.15, 0.2) is 11.5 Å². The van der Waals surface area contributed by atoms with Crippen molar-refractivity contribution in [1.29, 1.82) is 0 Å². The molecular formula is C12H9FN2O6. The monoisotopic (exact) mass is 296 g/mol. The van der Waals surface area contributed by atoms with E-state index in [1.807, 2.05) is 0 Å². The van der Waals surface area contributed by atoms with Gasteiger partial charge in [0.05, 0.1) is 15.9 Å². The molecule has 0 fully saturated rings. The van der Waals surface area contributed by atoms with Crippen LogP contribution >= 0.6 is 0 Å². The molecule has 0 radical (unpaired) electrons. The van der Waals surface area contributed by atoms with E-state index >= 15 is 0 Å². The third-order valence-corrected chi connectivity index (χ3v) is 2.21. The summed E-state index contributed by atoms with van der Waals surface area (Å²) in [5.74, 6) is -1.57. The largest absolute Gasteiger partial charge is 0.502 e. The highest BCUT2D eigenvalue weighted by Crippen LogP contribution is 2.25. The summed E-state index contributed by atoms with van der Waals surface area (Å²) in [4.78, 5) is 18.6. The SMILES string of the molecule is O=[N+]([O-])c1cc(F)ccc1O.O=[N+]([O-])c1ccccc1O. The third-order valence-electron chi connectivity index (χ3n) is 2.21. The van der Waals surface area contributed by atoms with Gasteiger partial charge in [0.1, 0.15) is 5.82 Å². The van der Waals surface area contributed by atoms with Gasteiger partial charge in [-0.25, -0.2) is 4.39 Å². The van der Waals surface area contributed by atoms with E-state index in [1.165, 1.54) is 24.3 Å². The molecule has 0 atom stereocenters. The number of nitro groups is 2. The number of phenolic OH excluding ortho intramolecular Hbond substituents is 2. The maximum Gasteiger partial charge on any atom is 0.313 e. The fourth-order valence-corrected chi connectivity index (χ4v) is 1.26. The normalized spacial score (nSPS) is 9.38. The topological polar surface area (TPSA) is 127 Å². The molecule has 0 amide bonds. The first-order valence-corrected chi connectivity index (χ1v) is 5.38. The zero-order valence-electron chi connectivity index (χ0n) is 10.3. The molecule has 110 valence electrons. The van der Waals surface area contributed by atoms with E-state index < -0.39 is 27.1 Å².